The zero-order valence-corrected chi connectivity index (χ0v) is 81.8. The van der Waals surface area contributed by atoms with E-state index in [0.29, 0.717) is 11.6 Å². The maximum absolute atomic E-state index is 14.5. The van der Waals surface area contributed by atoms with E-state index in [2.05, 4.69) is 467 Å². The van der Waals surface area contributed by atoms with Crippen molar-refractivity contribution >= 4 is 137 Å². The molecule has 0 atom stereocenters. The van der Waals surface area contributed by atoms with Gasteiger partial charge in [-0.25, -0.2) is 17.6 Å². The maximum Gasteiger partial charge on any atom is 0.488 e. The molecule has 131 heavy (non-hydrogen) atoms. The van der Waals surface area contributed by atoms with Crippen molar-refractivity contribution < 1.29 is 48.0 Å². The Morgan fingerprint density at radius 2 is 0.420 bits per heavy atom. The van der Waals surface area contributed by atoms with Gasteiger partial charge in [0.15, 0.2) is 0 Å². The van der Waals surface area contributed by atoms with Crippen LogP contribution in [0, 0.1) is 23.3 Å². The van der Waals surface area contributed by atoms with Crippen LogP contribution in [0.3, 0.4) is 0 Å². The van der Waals surface area contributed by atoms with E-state index >= 15 is 0 Å². The van der Waals surface area contributed by atoms with E-state index in [4.69, 9.17) is 10.0 Å². The van der Waals surface area contributed by atoms with Crippen molar-refractivity contribution in [3.63, 3.8) is 0 Å². The second-order valence-electron chi connectivity index (χ2n) is 31.5. The fourth-order valence-electron chi connectivity index (χ4n) is 14.7. The summed E-state index contributed by atoms with van der Waals surface area (Å²) < 4.78 is 54.8. The molecule has 18 aromatic rings. The minimum Gasteiger partial charge on any atom is -0.423 e. The molecule has 0 aliphatic carbocycles. The topological polar surface area (TPSA) is 40.5 Å². The fraction of sp³-hybridized carbons (Fsp3) is 0.0769. The van der Waals surface area contributed by atoms with Crippen LogP contribution in [0.15, 0.2) is 496 Å². The molecular weight excluding hydrogens is 1860 g/mol. The predicted octanol–water partition coefficient (Wildman–Crippen LogP) is 25.3. The van der Waals surface area contributed by atoms with Gasteiger partial charge in [0.1, 0.15) is 23.3 Å². The van der Waals surface area contributed by atoms with Crippen molar-refractivity contribution in [3.8, 4) is 33.4 Å². The van der Waals surface area contributed by atoms with E-state index < -0.39 is 70.1 Å². The van der Waals surface area contributed by atoms with Crippen LogP contribution >= 0.6 is 47.6 Å². The molecule has 0 heterocycles. The van der Waals surface area contributed by atoms with Gasteiger partial charge in [-0.05, 0) is 195 Å². The van der Waals surface area contributed by atoms with E-state index in [1.165, 1.54) is 111 Å². The van der Waals surface area contributed by atoms with Crippen molar-refractivity contribution in [2.24, 2.45) is 0 Å². The van der Waals surface area contributed by atoms with Crippen LogP contribution in [0.5, 0.6) is 0 Å². The molecule has 18 aromatic carbocycles. The SMILES string of the molecule is CCCc1ccc(-c2ccc(-c3cc(F)c([Si](C)(C)C)c(F)c3)cc2)cc1.CCCc1ccc(-c2ccc(Br)cc2)cc1.OB(O)c1cc(F)cc(F)c1.[Pd].c1ccc(P(c2ccccc2)c2ccccc2)cc1.c1ccc(P(c2ccccc2)c2ccccc2)cc1.c1ccc(P(c2ccccc2)c2ccccc2)cc1.c1ccc(P(c2ccccc2)c2ccccc2)cc1. The zero-order valence-electron chi connectivity index (χ0n) is 74.1. The number of hydrogen-bond donors (Lipinski definition) is 2. The molecule has 0 bridgehead atoms. The summed E-state index contributed by atoms with van der Waals surface area (Å²) in [5.41, 5.74) is 8.77. The van der Waals surface area contributed by atoms with Crippen molar-refractivity contribution in [1.29, 1.82) is 0 Å². The third-order valence-corrected chi connectivity index (χ3v) is 33.1. The molecule has 18 rings (SSSR count). The summed E-state index contributed by atoms with van der Waals surface area (Å²) in [7, 11) is -5.68. The molecule has 0 amide bonds. The first-order chi connectivity index (χ1) is 63.5. The minimum atomic E-state index is -2.06. The summed E-state index contributed by atoms with van der Waals surface area (Å²) in [4.78, 5) is 0. The van der Waals surface area contributed by atoms with Crippen LogP contribution in [0.2, 0.25) is 19.6 Å². The fourth-order valence-corrected chi connectivity index (χ4v) is 25.8. The molecule has 0 unspecified atom stereocenters. The van der Waals surface area contributed by atoms with Gasteiger partial charge in [0, 0.05) is 36.1 Å². The molecule has 0 aromatic heterocycles. The predicted molar refractivity (Wildman–Crippen MR) is 565 cm³/mol. The first-order valence-electron chi connectivity index (χ1n) is 43.7. The molecule has 0 radical (unpaired) electrons. The Bertz CT molecular complexity index is 5380. The quantitative estimate of drug-likeness (QED) is 0.0428. The number of rotatable bonds is 21. The van der Waals surface area contributed by atoms with Gasteiger partial charge in [-0.1, -0.05) is 511 Å². The Labute approximate surface area is 801 Å². The summed E-state index contributed by atoms with van der Waals surface area (Å²) in [6.45, 7) is 10.2. The number of hydrogen-bond acceptors (Lipinski definition) is 2. The summed E-state index contributed by atoms with van der Waals surface area (Å²) in [5.74, 6) is -2.51. The first kappa shape index (κ1) is 100. The Kier molecular flexibility index (Phi) is 40.8. The number of halogens is 5. The molecule has 0 saturated carbocycles. The monoisotopic (exact) mass is 1970 g/mol. The second kappa shape index (κ2) is 53.3. The third-order valence-electron chi connectivity index (χ3n) is 20.9. The molecular formula is C117H106BBrF4O2P4PdSi. The van der Waals surface area contributed by atoms with Crippen LogP contribution < -0.4 is 74.3 Å². The molecule has 0 aliphatic rings. The number of aryl methyl sites for hydroxylation is 2. The van der Waals surface area contributed by atoms with Gasteiger partial charge in [0.2, 0.25) is 0 Å². The largest absolute Gasteiger partial charge is 0.488 e. The average molecular weight is 1970 g/mol. The van der Waals surface area contributed by atoms with E-state index in [-0.39, 0.29) is 31.1 Å². The van der Waals surface area contributed by atoms with E-state index in [1.54, 1.807) is 0 Å². The standard InChI is InChI=1S/C24H26F2Si.4C18H15P.C15H15Br.C6H5BF2O2.Pd/c1-5-6-17-7-9-18(10-8-17)19-11-13-20(14-12-19)21-15-22(25)24(23(26)16-21)27(2,3)4;4*1-4-10-16(11-5-1)19(17-12-6-2-7-13-17)18-14-8-3-9-15-18;1-2-3-12-4-6-13(7-5-12)14-8-10-15(16)11-9-14;8-5-1-4(7(10)11)2-6(9)3-5;/h7-16H,5-6H2,1-4H3;4*1-15H;4-11H,2-3H2,1H3;1-3,10-11H;. The maximum atomic E-state index is 14.5. The van der Waals surface area contributed by atoms with Crippen LogP contribution in [0.4, 0.5) is 17.6 Å². The van der Waals surface area contributed by atoms with Crippen LogP contribution in [0.1, 0.15) is 37.8 Å². The summed E-state index contributed by atoms with van der Waals surface area (Å²) in [6.07, 6.45) is 4.60. The Balaban J connectivity index is 0.000000149. The van der Waals surface area contributed by atoms with Gasteiger partial charge in [0.05, 0.1) is 8.07 Å². The van der Waals surface area contributed by atoms with E-state index in [9.17, 15) is 17.6 Å². The molecule has 2 N–H and O–H groups in total. The van der Waals surface area contributed by atoms with Gasteiger partial charge in [-0.3, -0.25) is 0 Å². The van der Waals surface area contributed by atoms with Gasteiger partial charge in [-0.2, -0.15) is 0 Å². The first-order valence-corrected chi connectivity index (χ1v) is 53.3. The molecule has 14 heteroatoms. The van der Waals surface area contributed by atoms with Crippen molar-refractivity contribution in [1.82, 2.24) is 0 Å². The Hall–Kier alpha value is -11.3. The van der Waals surface area contributed by atoms with Crippen molar-refractivity contribution in [3.05, 3.63) is 530 Å². The Morgan fingerprint density at radius 3 is 0.595 bits per heavy atom. The van der Waals surface area contributed by atoms with Gasteiger partial charge in [0.25, 0.3) is 0 Å². The molecule has 0 aliphatic heterocycles. The van der Waals surface area contributed by atoms with Gasteiger partial charge < -0.3 is 10.0 Å². The average Bonchev–Trinajstić information content (AvgIpc) is 0.799. The molecule has 0 fully saturated rings. The molecule has 0 saturated heterocycles. The normalized spacial score (nSPS) is 10.6. The molecule has 658 valence electrons. The smallest absolute Gasteiger partial charge is 0.423 e. The summed E-state index contributed by atoms with van der Waals surface area (Å²) >= 11 is 3.45. The molecule has 2 nitrogen and oxygen atoms in total. The van der Waals surface area contributed by atoms with Crippen molar-refractivity contribution in [2.75, 3.05) is 0 Å². The van der Waals surface area contributed by atoms with Crippen LogP contribution in [-0.2, 0) is 33.3 Å². The van der Waals surface area contributed by atoms with Crippen LogP contribution in [-0.4, -0.2) is 25.2 Å². The van der Waals surface area contributed by atoms with E-state index in [1.807, 2.05) is 43.9 Å². The second-order valence-corrected chi connectivity index (χ2v) is 46.3. The third kappa shape index (κ3) is 30.9. The van der Waals surface area contributed by atoms with Crippen LogP contribution in [0.25, 0.3) is 33.4 Å². The number of benzene rings is 18. The minimum absolute atomic E-state index is 0. The Morgan fingerprint density at radius 1 is 0.244 bits per heavy atom. The summed E-state index contributed by atoms with van der Waals surface area (Å²) in [6, 6.07) is 168. The van der Waals surface area contributed by atoms with Crippen molar-refractivity contribution in [2.45, 2.75) is 59.2 Å². The molecule has 0 spiro atoms. The van der Waals surface area contributed by atoms with E-state index in [0.717, 1.165) is 46.1 Å². The zero-order chi connectivity index (χ0) is 91.1. The van der Waals surface area contributed by atoms with Gasteiger partial charge in [-0.15, -0.1) is 0 Å². The van der Waals surface area contributed by atoms with Gasteiger partial charge >= 0.3 is 7.12 Å². The summed E-state index contributed by atoms with van der Waals surface area (Å²) in [5, 5.41) is 34.0.